The van der Waals surface area contributed by atoms with Crippen molar-refractivity contribution in [1.29, 1.82) is 0 Å². The van der Waals surface area contributed by atoms with E-state index in [9.17, 15) is 0 Å². The molecule has 0 aromatic heterocycles. The van der Waals surface area contributed by atoms with Gasteiger partial charge in [0, 0.05) is 0 Å². The molecule has 68 valence electrons. The van der Waals surface area contributed by atoms with E-state index >= 15 is 0 Å². The van der Waals surface area contributed by atoms with Gasteiger partial charge in [0.15, 0.2) is 0 Å². The Hall–Kier alpha value is 1.05. The molecule has 0 aromatic carbocycles. The number of rotatable bonds is 0. The van der Waals surface area contributed by atoms with Crippen LogP contribution in [0.25, 0.3) is 0 Å². The molecule has 0 rings (SSSR count). The van der Waals surface area contributed by atoms with Crippen molar-refractivity contribution in [3.05, 3.63) is 0 Å². The maximum atomic E-state index is 8.93. The molecule has 0 aliphatic carbocycles. The SMILES string of the molecule is CC[O-].CC[O-].CC[O-].[Cl-].[Zr+4]. The number of hydrogen-bond acceptors (Lipinski definition) is 3. The monoisotopic (exact) mass is 260 g/mol. The molecule has 0 aromatic rings. The minimum absolute atomic E-state index is 0. The largest absolute Gasteiger partial charge is 4.00 e. The van der Waals surface area contributed by atoms with Crippen LogP contribution in [-0.4, -0.2) is 19.8 Å². The normalized spacial score (nSPS) is 4.91. The predicted molar refractivity (Wildman–Crippen MR) is 31.6 cm³/mol. The van der Waals surface area contributed by atoms with Gasteiger partial charge in [0.1, 0.15) is 0 Å². The summed E-state index contributed by atoms with van der Waals surface area (Å²) in [6.45, 7) is 4.71. The summed E-state index contributed by atoms with van der Waals surface area (Å²) in [5.74, 6) is 0. The van der Waals surface area contributed by atoms with Gasteiger partial charge in [-0.3, -0.25) is 0 Å². The fourth-order valence-electron chi connectivity index (χ4n) is 0. The molecular weight excluding hydrogens is 247 g/mol. The van der Waals surface area contributed by atoms with E-state index in [0.717, 1.165) is 0 Å². The van der Waals surface area contributed by atoms with Gasteiger partial charge in [0.2, 0.25) is 0 Å². The molecule has 0 amide bonds. The zero-order valence-corrected chi connectivity index (χ0v) is 10.4. The first-order valence-electron chi connectivity index (χ1n) is 2.99. The van der Waals surface area contributed by atoms with Crippen molar-refractivity contribution in [1.82, 2.24) is 0 Å². The van der Waals surface area contributed by atoms with Crippen molar-refractivity contribution >= 4 is 0 Å². The standard InChI is InChI=1S/3C2H5O.ClH.Zr/c3*1-2-3;;/h3*2H2,1H3;1H;/q3*-1;;+4/p-1. The Kier molecular flexibility index (Phi) is 183. The third kappa shape index (κ3) is 817. The van der Waals surface area contributed by atoms with Gasteiger partial charge < -0.3 is 27.7 Å². The minimum atomic E-state index is 0. The van der Waals surface area contributed by atoms with Gasteiger partial charge in [-0.2, -0.15) is 0 Å². The zero-order chi connectivity index (χ0) is 8.12. The molecule has 0 saturated carbocycles. The van der Waals surface area contributed by atoms with E-state index in [4.69, 9.17) is 15.3 Å². The van der Waals surface area contributed by atoms with E-state index in [1.807, 2.05) is 0 Å². The summed E-state index contributed by atoms with van der Waals surface area (Å²) in [5.41, 5.74) is 0. The Balaban J connectivity index is -0.0000000150. The predicted octanol–water partition coefficient (Wildman–Crippen LogP) is -4.90. The summed E-state index contributed by atoms with van der Waals surface area (Å²) < 4.78 is 0. The first kappa shape index (κ1) is 29.6. The van der Waals surface area contributed by atoms with Crippen molar-refractivity contribution in [2.24, 2.45) is 0 Å². The maximum Gasteiger partial charge on any atom is 4.00 e. The second-order valence-corrected chi connectivity index (χ2v) is 0.866. The second kappa shape index (κ2) is 68.0. The molecule has 0 radical (unpaired) electrons. The van der Waals surface area contributed by atoms with Crippen LogP contribution in [0.4, 0.5) is 0 Å². The van der Waals surface area contributed by atoms with Crippen LogP contribution in [0.15, 0.2) is 0 Å². The Labute approximate surface area is 94.4 Å². The van der Waals surface area contributed by atoms with Gasteiger partial charge in [0.25, 0.3) is 0 Å². The Morgan fingerprint density at radius 3 is 0.727 bits per heavy atom. The van der Waals surface area contributed by atoms with Gasteiger partial charge in [-0.1, -0.05) is 20.8 Å². The van der Waals surface area contributed by atoms with Crippen LogP contribution in [0.5, 0.6) is 0 Å². The smallest absolute Gasteiger partial charge is 1.00 e. The van der Waals surface area contributed by atoms with Crippen molar-refractivity contribution in [3.63, 3.8) is 0 Å². The molecule has 0 saturated heterocycles. The van der Waals surface area contributed by atoms with Crippen LogP contribution in [0, 0.1) is 0 Å². The van der Waals surface area contributed by atoms with E-state index in [1.54, 1.807) is 20.8 Å². The Morgan fingerprint density at radius 1 is 0.727 bits per heavy atom. The summed E-state index contributed by atoms with van der Waals surface area (Å²) in [6.07, 6.45) is 0. The average molecular weight is 262 g/mol. The molecule has 0 aliphatic rings. The Morgan fingerprint density at radius 2 is 0.727 bits per heavy atom. The summed E-state index contributed by atoms with van der Waals surface area (Å²) >= 11 is 0. The van der Waals surface area contributed by atoms with E-state index in [0.29, 0.717) is 0 Å². The quantitative estimate of drug-likeness (QED) is 0.439. The summed E-state index contributed by atoms with van der Waals surface area (Å²) in [4.78, 5) is 0. The first-order chi connectivity index (χ1) is 4.24. The van der Waals surface area contributed by atoms with Crippen molar-refractivity contribution in [2.75, 3.05) is 19.8 Å². The maximum absolute atomic E-state index is 8.93. The molecule has 0 unspecified atom stereocenters. The number of halogens is 1. The van der Waals surface area contributed by atoms with Gasteiger partial charge >= 0.3 is 26.2 Å². The fraction of sp³-hybridized carbons (Fsp3) is 1.00. The van der Waals surface area contributed by atoms with Crippen LogP contribution in [0.2, 0.25) is 0 Å². The van der Waals surface area contributed by atoms with Crippen LogP contribution in [-0.2, 0) is 26.2 Å². The van der Waals surface area contributed by atoms with Crippen molar-refractivity contribution in [2.45, 2.75) is 20.8 Å². The van der Waals surface area contributed by atoms with Crippen LogP contribution in [0.1, 0.15) is 20.8 Å². The average Bonchev–Trinajstić information content (AvgIpc) is 1.70. The summed E-state index contributed by atoms with van der Waals surface area (Å²) in [7, 11) is 0. The van der Waals surface area contributed by atoms with E-state index in [-0.39, 0.29) is 58.4 Å². The van der Waals surface area contributed by atoms with E-state index in [1.165, 1.54) is 0 Å². The van der Waals surface area contributed by atoms with Gasteiger partial charge in [-0.25, -0.2) is 0 Å². The molecule has 0 aliphatic heterocycles. The van der Waals surface area contributed by atoms with Crippen molar-refractivity contribution in [3.8, 4) is 0 Å². The van der Waals surface area contributed by atoms with E-state index in [2.05, 4.69) is 0 Å². The van der Waals surface area contributed by atoms with Crippen LogP contribution in [0.3, 0.4) is 0 Å². The van der Waals surface area contributed by atoms with Crippen LogP contribution >= 0.6 is 0 Å². The molecule has 5 heteroatoms. The molecule has 0 spiro atoms. The minimum Gasteiger partial charge on any atom is -1.00 e. The molecule has 0 fully saturated rings. The molecule has 0 heterocycles. The molecule has 3 nitrogen and oxygen atoms in total. The third-order valence-corrected chi connectivity index (χ3v) is 0. The molecular formula is C6H15ClO3Zr. The van der Waals surface area contributed by atoms with E-state index < -0.39 is 0 Å². The second-order valence-electron chi connectivity index (χ2n) is 0.866. The van der Waals surface area contributed by atoms with Crippen molar-refractivity contribution < 1.29 is 53.9 Å². The number of hydrogen-bond donors (Lipinski definition) is 0. The topological polar surface area (TPSA) is 69.2 Å². The van der Waals surface area contributed by atoms with Crippen LogP contribution < -0.4 is 27.7 Å². The third-order valence-electron chi connectivity index (χ3n) is 0. The molecule has 0 atom stereocenters. The zero-order valence-electron chi connectivity index (χ0n) is 7.22. The molecule has 0 N–H and O–H groups in total. The summed E-state index contributed by atoms with van der Waals surface area (Å²) in [6, 6.07) is 0. The van der Waals surface area contributed by atoms with Gasteiger partial charge in [0.05, 0.1) is 0 Å². The van der Waals surface area contributed by atoms with Gasteiger partial charge in [-0.15, -0.1) is 19.8 Å². The molecule has 0 bridgehead atoms. The first-order valence-corrected chi connectivity index (χ1v) is 2.99. The Bertz CT molecular complexity index is 22.5. The van der Waals surface area contributed by atoms with Gasteiger partial charge in [-0.05, 0) is 0 Å². The fourth-order valence-corrected chi connectivity index (χ4v) is 0. The molecule has 11 heavy (non-hydrogen) atoms. The summed E-state index contributed by atoms with van der Waals surface area (Å²) in [5, 5.41) is 26.8.